The van der Waals surface area contributed by atoms with Gasteiger partial charge in [0.25, 0.3) is 0 Å². The lowest BCUT2D eigenvalue weighted by molar-refractivity contribution is -0.159. The van der Waals surface area contributed by atoms with Gasteiger partial charge in [-0.1, -0.05) is 27.2 Å². The van der Waals surface area contributed by atoms with Crippen molar-refractivity contribution in [1.29, 1.82) is 0 Å². The minimum Gasteiger partial charge on any atom is -0.460 e. The first-order chi connectivity index (χ1) is 10.9. The van der Waals surface area contributed by atoms with Crippen LogP contribution < -0.4 is 0 Å². The smallest absolute Gasteiger partial charge is 0.374 e. The first-order valence-corrected chi connectivity index (χ1v) is 8.78. The lowest BCUT2D eigenvalue weighted by Gasteiger charge is -2.36. The molecule has 0 N–H and O–H groups in total. The van der Waals surface area contributed by atoms with Crippen LogP contribution in [-0.2, 0) is 14.3 Å². The Morgan fingerprint density at radius 2 is 2.09 bits per heavy atom. The summed E-state index contributed by atoms with van der Waals surface area (Å²) in [4.78, 5) is 23.7. The molecule has 1 fully saturated rings. The van der Waals surface area contributed by atoms with Crippen LogP contribution in [0.3, 0.4) is 0 Å². The molecule has 0 aromatic carbocycles. The molecule has 2 rings (SSSR count). The molecule has 1 aliphatic rings. The zero-order valence-corrected chi connectivity index (χ0v) is 15.3. The van der Waals surface area contributed by atoms with E-state index in [4.69, 9.17) is 13.9 Å². The summed E-state index contributed by atoms with van der Waals surface area (Å²) in [5.74, 6) is 0.246. The minimum atomic E-state index is -0.676. The lowest BCUT2D eigenvalue weighted by atomic mass is 9.75. The Bertz CT molecular complexity index is 551. The van der Waals surface area contributed by atoms with Crippen LogP contribution in [0.5, 0.6) is 0 Å². The zero-order valence-electron chi connectivity index (χ0n) is 13.7. The van der Waals surface area contributed by atoms with E-state index in [0.717, 1.165) is 12.8 Å². The van der Waals surface area contributed by atoms with Crippen LogP contribution in [0, 0.1) is 17.8 Å². The fraction of sp³-hybridized carbons (Fsp3) is 0.647. The Labute approximate surface area is 144 Å². The fourth-order valence-corrected chi connectivity index (χ4v) is 3.38. The number of hydrogen-bond donors (Lipinski definition) is 0. The second kappa shape index (κ2) is 7.99. The Balaban J connectivity index is 1.84. The summed E-state index contributed by atoms with van der Waals surface area (Å²) in [6.07, 6.45) is 3.01. The van der Waals surface area contributed by atoms with Crippen LogP contribution in [0.4, 0.5) is 0 Å². The van der Waals surface area contributed by atoms with Crippen molar-refractivity contribution in [2.24, 2.45) is 17.8 Å². The second-order valence-electron chi connectivity index (χ2n) is 6.53. The molecular weight excluding hydrogens is 364 g/mol. The van der Waals surface area contributed by atoms with Gasteiger partial charge in [0, 0.05) is 0 Å². The zero-order chi connectivity index (χ0) is 17.0. The van der Waals surface area contributed by atoms with E-state index < -0.39 is 18.5 Å². The third-order valence-corrected chi connectivity index (χ3v) is 4.77. The highest BCUT2D eigenvalue weighted by Gasteiger charge is 2.33. The van der Waals surface area contributed by atoms with E-state index in [1.54, 1.807) is 6.07 Å². The van der Waals surface area contributed by atoms with Crippen LogP contribution in [0.2, 0.25) is 0 Å². The molecule has 1 aliphatic carbocycles. The van der Waals surface area contributed by atoms with E-state index in [9.17, 15) is 9.59 Å². The maximum atomic E-state index is 12.0. The number of ether oxygens (including phenoxy) is 2. The number of rotatable bonds is 5. The summed E-state index contributed by atoms with van der Waals surface area (Å²) in [6.45, 7) is 6.07. The third-order valence-electron chi connectivity index (χ3n) is 4.34. The van der Waals surface area contributed by atoms with Gasteiger partial charge in [0.05, 0.1) is 0 Å². The van der Waals surface area contributed by atoms with Crippen molar-refractivity contribution in [3.63, 3.8) is 0 Å². The summed E-state index contributed by atoms with van der Waals surface area (Å²) in [6, 6.07) is 3.07. The van der Waals surface area contributed by atoms with Crippen LogP contribution in [0.1, 0.15) is 50.6 Å². The Morgan fingerprint density at radius 3 is 2.70 bits per heavy atom. The molecule has 0 bridgehead atoms. The first-order valence-electron chi connectivity index (χ1n) is 7.98. The molecule has 1 aromatic heterocycles. The molecule has 128 valence electrons. The SMILES string of the molecule is CC(C)[C@@H]1CC[C@@H](C)C[C@H]1OC(=O)COC(=O)c1ccc(Br)o1. The number of hydrogen-bond acceptors (Lipinski definition) is 5. The van der Waals surface area contributed by atoms with Crippen molar-refractivity contribution in [2.45, 2.75) is 46.1 Å². The van der Waals surface area contributed by atoms with Gasteiger partial charge < -0.3 is 13.9 Å². The number of esters is 2. The van der Waals surface area contributed by atoms with Crippen molar-refractivity contribution in [3.8, 4) is 0 Å². The molecule has 0 spiro atoms. The molecular formula is C17H23BrO5. The highest BCUT2D eigenvalue weighted by atomic mass is 79.9. The second-order valence-corrected chi connectivity index (χ2v) is 7.32. The van der Waals surface area contributed by atoms with Crippen LogP contribution >= 0.6 is 15.9 Å². The summed E-state index contributed by atoms with van der Waals surface area (Å²) < 4.78 is 16.0. The summed E-state index contributed by atoms with van der Waals surface area (Å²) in [5, 5.41) is 0. The van der Waals surface area contributed by atoms with Gasteiger partial charge in [0.1, 0.15) is 6.10 Å². The van der Waals surface area contributed by atoms with E-state index in [1.165, 1.54) is 12.5 Å². The van der Waals surface area contributed by atoms with Gasteiger partial charge in [0.2, 0.25) is 5.76 Å². The van der Waals surface area contributed by atoms with Gasteiger partial charge in [-0.3, -0.25) is 0 Å². The summed E-state index contributed by atoms with van der Waals surface area (Å²) in [7, 11) is 0. The van der Waals surface area contributed by atoms with Crippen LogP contribution in [0.25, 0.3) is 0 Å². The molecule has 0 radical (unpaired) electrons. The fourth-order valence-electron chi connectivity index (χ4n) is 3.07. The predicted octanol–water partition coefficient (Wildman–Crippen LogP) is 4.20. The van der Waals surface area contributed by atoms with Crippen LogP contribution in [0.15, 0.2) is 21.2 Å². The number of carbonyl (C=O) groups excluding carboxylic acids is 2. The Kier molecular flexibility index (Phi) is 6.27. The number of halogens is 1. The molecule has 1 aromatic rings. The molecule has 23 heavy (non-hydrogen) atoms. The van der Waals surface area contributed by atoms with E-state index in [0.29, 0.717) is 22.4 Å². The van der Waals surface area contributed by atoms with Gasteiger partial charge in [-0.05, 0) is 58.7 Å². The average Bonchev–Trinajstić information content (AvgIpc) is 2.91. The first kappa shape index (κ1) is 18.0. The highest BCUT2D eigenvalue weighted by molar-refractivity contribution is 9.10. The maximum absolute atomic E-state index is 12.0. The van der Waals surface area contributed by atoms with E-state index in [2.05, 4.69) is 36.7 Å². The van der Waals surface area contributed by atoms with Crippen molar-refractivity contribution in [1.82, 2.24) is 0 Å². The average molecular weight is 387 g/mol. The van der Waals surface area contributed by atoms with E-state index in [1.807, 2.05) is 0 Å². The molecule has 1 saturated carbocycles. The molecule has 0 aliphatic heterocycles. The third kappa shape index (κ3) is 5.09. The molecule has 5 nitrogen and oxygen atoms in total. The van der Waals surface area contributed by atoms with Crippen molar-refractivity contribution < 1.29 is 23.5 Å². The Morgan fingerprint density at radius 1 is 1.35 bits per heavy atom. The molecule has 1 heterocycles. The van der Waals surface area contributed by atoms with Crippen LogP contribution in [-0.4, -0.2) is 24.6 Å². The van der Waals surface area contributed by atoms with Crippen molar-refractivity contribution in [3.05, 3.63) is 22.6 Å². The lowest BCUT2D eigenvalue weighted by Crippen LogP contribution is -2.36. The summed E-state index contributed by atoms with van der Waals surface area (Å²) in [5.41, 5.74) is 0. The standard InChI is InChI=1S/C17H23BrO5/c1-10(2)12-5-4-11(3)8-14(12)23-16(19)9-21-17(20)13-6-7-15(18)22-13/h6-7,10-12,14H,4-5,8-9H2,1-3H3/t11-,12+,14-/m1/s1. The van der Waals surface area contributed by atoms with Gasteiger partial charge in [0.15, 0.2) is 11.3 Å². The van der Waals surface area contributed by atoms with Gasteiger partial charge in [-0.25, -0.2) is 9.59 Å². The van der Waals surface area contributed by atoms with Gasteiger partial charge >= 0.3 is 11.9 Å². The highest BCUT2D eigenvalue weighted by Crippen LogP contribution is 2.35. The number of carbonyl (C=O) groups is 2. The molecule has 3 atom stereocenters. The number of furan rings is 1. The Hall–Kier alpha value is -1.30. The predicted molar refractivity (Wildman–Crippen MR) is 87.9 cm³/mol. The molecule has 6 heteroatoms. The monoisotopic (exact) mass is 386 g/mol. The molecule has 0 amide bonds. The topological polar surface area (TPSA) is 65.7 Å². The normalized spacial score (nSPS) is 24.5. The maximum Gasteiger partial charge on any atom is 0.374 e. The van der Waals surface area contributed by atoms with Gasteiger partial charge in [-0.15, -0.1) is 0 Å². The van der Waals surface area contributed by atoms with E-state index >= 15 is 0 Å². The van der Waals surface area contributed by atoms with E-state index in [-0.39, 0.29) is 11.9 Å². The molecule has 0 saturated heterocycles. The van der Waals surface area contributed by atoms with Crippen molar-refractivity contribution >= 4 is 27.9 Å². The largest absolute Gasteiger partial charge is 0.460 e. The van der Waals surface area contributed by atoms with Gasteiger partial charge in [-0.2, -0.15) is 0 Å². The summed E-state index contributed by atoms with van der Waals surface area (Å²) >= 11 is 3.11. The van der Waals surface area contributed by atoms with Crippen molar-refractivity contribution in [2.75, 3.05) is 6.61 Å². The minimum absolute atomic E-state index is 0.0519. The quantitative estimate of drug-likeness (QED) is 0.709. The molecule has 0 unspecified atom stereocenters.